The van der Waals surface area contributed by atoms with E-state index in [9.17, 15) is 4.79 Å². The molecule has 1 unspecified atom stereocenters. The van der Waals surface area contributed by atoms with E-state index in [1.54, 1.807) is 13.2 Å². The zero-order valence-corrected chi connectivity index (χ0v) is 11.5. The summed E-state index contributed by atoms with van der Waals surface area (Å²) in [5.41, 5.74) is 8.27. The number of nitrogens with zero attached hydrogens (tertiary/aromatic N) is 1. The minimum atomic E-state index is -0.0139. The Morgan fingerprint density at radius 2 is 2.37 bits per heavy atom. The van der Waals surface area contributed by atoms with Crippen LogP contribution in [0, 0.1) is 6.92 Å². The van der Waals surface area contributed by atoms with E-state index in [1.807, 2.05) is 19.1 Å². The van der Waals surface area contributed by atoms with E-state index in [4.69, 9.17) is 10.5 Å². The van der Waals surface area contributed by atoms with E-state index in [-0.39, 0.29) is 12.0 Å². The largest absolute Gasteiger partial charge is 0.398 e. The predicted molar refractivity (Wildman–Crippen MR) is 76.1 cm³/mol. The number of carbonyl (C=O) groups is 1. The number of rotatable bonds is 4. The van der Waals surface area contributed by atoms with Crippen molar-refractivity contribution < 1.29 is 9.53 Å². The second-order valence-electron chi connectivity index (χ2n) is 5.00. The molecule has 0 radical (unpaired) electrons. The van der Waals surface area contributed by atoms with Gasteiger partial charge in [0, 0.05) is 31.6 Å². The van der Waals surface area contributed by atoms with Gasteiger partial charge in [-0.15, -0.1) is 0 Å². The highest BCUT2D eigenvalue weighted by Crippen LogP contribution is 2.17. The van der Waals surface area contributed by atoms with E-state index in [0.717, 1.165) is 30.8 Å². The van der Waals surface area contributed by atoms with Crippen LogP contribution in [-0.2, 0) is 9.53 Å². The summed E-state index contributed by atoms with van der Waals surface area (Å²) in [5.74, 6) is -0.0139. The lowest BCUT2D eigenvalue weighted by molar-refractivity contribution is -0.117. The van der Waals surface area contributed by atoms with Crippen molar-refractivity contribution in [2.24, 2.45) is 0 Å². The summed E-state index contributed by atoms with van der Waals surface area (Å²) < 4.78 is 5.28. The monoisotopic (exact) mass is 263 g/mol. The predicted octanol–water partition coefficient (Wildman–Crippen LogP) is 1.24. The first kappa shape index (κ1) is 13.8. The fraction of sp³-hybridized carbons (Fsp3) is 0.500. The zero-order valence-electron chi connectivity index (χ0n) is 11.5. The van der Waals surface area contributed by atoms with Crippen molar-refractivity contribution in [3.8, 4) is 0 Å². The van der Waals surface area contributed by atoms with Crippen molar-refractivity contribution in [1.82, 2.24) is 4.90 Å². The van der Waals surface area contributed by atoms with Gasteiger partial charge >= 0.3 is 0 Å². The fourth-order valence-electron chi connectivity index (χ4n) is 2.25. The van der Waals surface area contributed by atoms with Gasteiger partial charge in [-0.3, -0.25) is 9.69 Å². The average Bonchev–Trinajstić information content (AvgIpc) is 2.81. The molecule has 1 fully saturated rings. The van der Waals surface area contributed by atoms with Crippen LogP contribution in [0.4, 0.5) is 11.4 Å². The van der Waals surface area contributed by atoms with Crippen molar-refractivity contribution in [3.63, 3.8) is 0 Å². The van der Waals surface area contributed by atoms with Crippen LogP contribution in [0.3, 0.4) is 0 Å². The molecule has 5 nitrogen and oxygen atoms in total. The Morgan fingerprint density at radius 3 is 3.00 bits per heavy atom. The fourth-order valence-corrected chi connectivity index (χ4v) is 2.25. The number of amides is 1. The standard InChI is InChI=1S/C14H21N3O2/c1-10-3-4-11(7-13(10)15)16-14(18)9-17-6-5-12(8-17)19-2/h3-4,7,12H,5-6,8-9,15H2,1-2H3,(H,16,18). The highest BCUT2D eigenvalue weighted by molar-refractivity contribution is 5.92. The third-order valence-electron chi connectivity index (χ3n) is 3.49. The molecule has 1 heterocycles. The van der Waals surface area contributed by atoms with Crippen LogP contribution in [0.15, 0.2) is 18.2 Å². The highest BCUT2D eigenvalue weighted by Gasteiger charge is 2.23. The van der Waals surface area contributed by atoms with E-state index < -0.39 is 0 Å². The van der Waals surface area contributed by atoms with Crippen molar-refractivity contribution in [2.45, 2.75) is 19.4 Å². The number of hydrogen-bond acceptors (Lipinski definition) is 4. The number of ether oxygens (including phenoxy) is 1. The molecule has 1 saturated heterocycles. The SMILES string of the molecule is COC1CCN(CC(=O)Nc2ccc(C)c(N)c2)C1. The molecule has 104 valence electrons. The summed E-state index contributed by atoms with van der Waals surface area (Å²) in [6.07, 6.45) is 1.24. The molecule has 5 heteroatoms. The molecule has 19 heavy (non-hydrogen) atoms. The smallest absolute Gasteiger partial charge is 0.238 e. The molecule has 1 aliphatic rings. The normalized spacial score (nSPS) is 19.6. The van der Waals surface area contributed by atoms with Gasteiger partial charge in [0.2, 0.25) is 5.91 Å². The Balaban J connectivity index is 1.86. The van der Waals surface area contributed by atoms with E-state index >= 15 is 0 Å². The molecule has 2 rings (SSSR count). The summed E-state index contributed by atoms with van der Waals surface area (Å²) in [5, 5.41) is 2.87. The van der Waals surface area contributed by atoms with Gasteiger partial charge in [0.15, 0.2) is 0 Å². The number of methoxy groups -OCH3 is 1. The molecule has 0 aliphatic carbocycles. The van der Waals surface area contributed by atoms with Gasteiger partial charge in [0.05, 0.1) is 12.6 Å². The number of benzene rings is 1. The maximum Gasteiger partial charge on any atom is 0.238 e. The molecule has 3 N–H and O–H groups in total. The molecule has 1 aromatic rings. The van der Waals surface area contributed by atoms with E-state index in [0.29, 0.717) is 12.2 Å². The number of anilines is 2. The highest BCUT2D eigenvalue weighted by atomic mass is 16.5. The number of carbonyl (C=O) groups excluding carboxylic acids is 1. The molecule has 1 amide bonds. The number of nitrogens with two attached hydrogens (primary N) is 1. The minimum Gasteiger partial charge on any atom is -0.398 e. The summed E-state index contributed by atoms with van der Waals surface area (Å²) >= 11 is 0. The number of hydrogen-bond donors (Lipinski definition) is 2. The number of likely N-dealkylation sites (tertiary alicyclic amines) is 1. The lowest BCUT2D eigenvalue weighted by atomic mass is 10.2. The first-order valence-corrected chi connectivity index (χ1v) is 6.49. The lowest BCUT2D eigenvalue weighted by Gasteiger charge is -2.15. The quantitative estimate of drug-likeness (QED) is 0.802. The number of nitrogens with one attached hydrogen (secondary N) is 1. The topological polar surface area (TPSA) is 67.6 Å². The zero-order chi connectivity index (χ0) is 13.8. The first-order chi connectivity index (χ1) is 9.08. The third-order valence-corrected chi connectivity index (χ3v) is 3.49. The van der Waals surface area contributed by atoms with Gasteiger partial charge in [0.25, 0.3) is 0 Å². The molecule has 1 atom stereocenters. The Kier molecular flexibility index (Phi) is 4.39. The van der Waals surface area contributed by atoms with Crippen LogP contribution in [0.2, 0.25) is 0 Å². The maximum absolute atomic E-state index is 11.9. The van der Waals surface area contributed by atoms with E-state index in [2.05, 4.69) is 10.2 Å². The Labute approximate surface area is 113 Å². The molecule has 1 aliphatic heterocycles. The van der Waals surface area contributed by atoms with Gasteiger partial charge < -0.3 is 15.8 Å². The second kappa shape index (κ2) is 6.04. The van der Waals surface area contributed by atoms with Crippen molar-refractivity contribution >= 4 is 17.3 Å². The average molecular weight is 263 g/mol. The lowest BCUT2D eigenvalue weighted by Crippen LogP contribution is -2.32. The molecule has 0 aromatic heterocycles. The van der Waals surface area contributed by atoms with Gasteiger partial charge in [0.1, 0.15) is 0 Å². The van der Waals surface area contributed by atoms with Crippen molar-refractivity contribution in [3.05, 3.63) is 23.8 Å². The van der Waals surface area contributed by atoms with Crippen molar-refractivity contribution in [1.29, 1.82) is 0 Å². The van der Waals surface area contributed by atoms with Gasteiger partial charge in [-0.05, 0) is 31.0 Å². The van der Waals surface area contributed by atoms with Crippen LogP contribution in [0.1, 0.15) is 12.0 Å². The van der Waals surface area contributed by atoms with E-state index in [1.165, 1.54) is 0 Å². The van der Waals surface area contributed by atoms with Crippen LogP contribution < -0.4 is 11.1 Å². The molecule has 1 aromatic carbocycles. The molecule has 0 bridgehead atoms. The van der Waals surface area contributed by atoms with Crippen LogP contribution >= 0.6 is 0 Å². The summed E-state index contributed by atoms with van der Waals surface area (Å²) in [6.45, 7) is 4.06. The van der Waals surface area contributed by atoms with Gasteiger partial charge in [-0.25, -0.2) is 0 Å². The van der Waals surface area contributed by atoms with Crippen molar-refractivity contribution in [2.75, 3.05) is 37.8 Å². The molecule has 0 spiro atoms. The number of nitrogen functional groups attached to an aromatic ring is 1. The third kappa shape index (κ3) is 3.68. The summed E-state index contributed by atoms with van der Waals surface area (Å²) in [6, 6.07) is 5.56. The van der Waals surface area contributed by atoms with Gasteiger partial charge in [-0.2, -0.15) is 0 Å². The van der Waals surface area contributed by atoms with Crippen LogP contribution in [0.5, 0.6) is 0 Å². The summed E-state index contributed by atoms with van der Waals surface area (Å²) in [7, 11) is 1.71. The molecular weight excluding hydrogens is 242 g/mol. The van der Waals surface area contributed by atoms with Gasteiger partial charge in [-0.1, -0.05) is 6.07 Å². The number of aryl methyl sites for hydroxylation is 1. The Morgan fingerprint density at radius 1 is 1.58 bits per heavy atom. The second-order valence-corrected chi connectivity index (χ2v) is 5.00. The maximum atomic E-state index is 11.9. The molecular formula is C14H21N3O2. The van der Waals surface area contributed by atoms with Crippen LogP contribution in [0.25, 0.3) is 0 Å². The summed E-state index contributed by atoms with van der Waals surface area (Å²) in [4.78, 5) is 14.0. The first-order valence-electron chi connectivity index (χ1n) is 6.49. The Hall–Kier alpha value is -1.59. The minimum absolute atomic E-state index is 0.0139. The van der Waals surface area contributed by atoms with Crippen LogP contribution in [-0.4, -0.2) is 43.7 Å². The Bertz CT molecular complexity index is 462. The molecule has 0 saturated carbocycles.